The monoisotopic (exact) mass is 262 g/mol. The molecule has 1 N–H and O–H groups in total. The second kappa shape index (κ2) is 5.59. The van der Waals surface area contributed by atoms with Gasteiger partial charge in [-0.2, -0.15) is 0 Å². The van der Waals surface area contributed by atoms with Crippen molar-refractivity contribution in [3.05, 3.63) is 35.6 Å². The lowest BCUT2D eigenvalue weighted by molar-refractivity contribution is 0.274. The Bertz CT molecular complexity index is 429. The van der Waals surface area contributed by atoms with Crippen molar-refractivity contribution < 1.29 is 4.39 Å². The van der Waals surface area contributed by atoms with Crippen molar-refractivity contribution in [2.24, 2.45) is 5.92 Å². The lowest BCUT2D eigenvalue weighted by atomic mass is 9.75. The summed E-state index contributed by atoms with van der Waals surface area (Å²) in [4.78, 5) is 2.41. The van der Waals surface area contributed by atoms with Gasteiger partial charge in [0.15, 0.2) is 0 Å². The molecule has 1 saturated heterocycles. The van der Waals surface area contributed by atoms with Gasteiger partial charge in [0.2, 0.25) is 0 Å². The molecular weight excluding hydrogens is 239 g/mol. The maximum atomic E-state index is 13.2. The largest absolute Gasteiger partial charge is 0.314 e. The molecule has 1 unspecified atom stereocenters. The van der Waals surface area contributed by atoms with Gasteiger partial charge in [-0.15, -0.1) is 0 Å². The van der Waals surface area contributed by atoms with Gasteiger partial charge in [-0.25, -0.2) is 4.39 Å². The fourth-order valence-corrected chi connectivity index (χ4v) is 3.34. The third-order valence-corrected chi connectivity index (χ3v) is 4.64. The van der Waals surface area contributed by atoms with Crippen LogP contribution in [0.3, 0.4) is 0 Å². The van der Waals surface area contributed by atoms with E-state index in [1.54, 1.807) is 6.07 Å². The van der Waals surface area contributed by atoms with Crippen LogP contribution in [0.2, 0.25) is 0 Å². The molecule has 2 fully saturated rings. The molecule has 1 heterocycles. The minimum Gasteiger partial charge on any atom is -0.314 e. The Hall–Kier alpha value is -0.930. The van der Waals surface area contributed by atoms with Gasteiger partial charge < -0.3 is 10.2 Å². The van der Waals surface area contributed by atoms with Crippen LogP contribution in [0.25, 0.3) is 0 Å². The zero-order chi connectivity index (χ0) is 13.2. The quantitative estimate of drug-likeness (QED) is 0.897. The first-order valence-corrected chi connectivity index (χ1v) is 7.38. The topological polar surface area (TPSA) is 15.3 Å². The molecule has 3 heteroatoms. The average Bonchev–Trinajstić information content (AvgIpc) is 2.73. The Morgan fingerprint density at radius 1 is 1.37 bits per heavy atom. The molecular formula is C16H23FN2. The molecule has 2 nitrogen and oxygen atoms in total. The molecule has 19 heavy (non-hydrogen) atoms. The van der Waals surface area contributed by atoms with Crippen molar-refractivity contribution in [1.29, 1.82) is 0 Å². The standard InChI is InChI=1S/C16H23FN2/c1-19-6-5-12(11-19)10-18-16-8-14(9-16)13-3-2-4-15(17)7-13/h2-4,7,12,14,16,18H,5-6,8-11H2,1H3. The second-order valence-corrected chi connectivity index (χ2v) is 6.25. The fourth-order valence-electron chi connectivity index (χ4n) is 3.34. The molecule has 3 rings (SSSR count). The van der Waals surface area contributed by atoms with Gasteiger partial charge in [0.1, 0.15) is 5.82 Å². The summed E-state index contributed by atoms with van der Waals surface area (Å²) in [5.41, 5.74) is 1.17. The van der Waals surface area contributed by atoms with Crippen LogP contribution in [0.15, 0.2) is 24.3 Å². The predicted octanol–water partition coefficient (Wildman–Crippen LogP) is 2.61. The van der Waals surface area contributed by atoms with Crippen molar-refractivity contribution >= 4 is 0 Å². The highest BCUT2D eigenvalue weighted by molar-refractivity contribution is 5.23. The van der Waals surface area contributed by atoms with Crippen molar-refractivity contribution in [1.82, 2.24) is 10.2 Å². The second-order valence-electron chi connectivity index (χ2n) is 6.25. The van der Waals surface area contributed by atoms with Gasteiger partial charge in [-0.3, -0.25) is 0 Å². The Morgan fingerprint density at radius 3 is 2.89 bits per heavy atom. The van der Waals surface area contributed by atoms with Gasteiger partial charge in [0.05, 0.1) is 0 Å². The highest BCUT2D eigenvalue weighted by Gasteiger charge is 2.31. The smallest absolute Gasteiger partial charge is 0.123 e. The Morgan fingerprint density at radius 2 is 2.21 bits per heavy atom. The highest BCUT2D eigenvalue weighted by atomic mass is 19.1. The molecule has 0 aromatic heterocycles. The Kier molecular flexibility index (Phi) is 3.85. The van der Waals surface area contributed by atoms with Crippen LogP contribution in [0.5, 0.6) is 0 Å². The zero-order valence-electron chi connectivity index (χ0n) is 11.6. The number of halogens is 1. The van der Waals surface area contributed by atoms with E-state index in [-0.39, 0.29) is 5.82 Å². The fraction of sp³-hybridized carbons (Fsp3) is 0.625. The molecule has 0 radical (unpaired) electrons. The molecule has 1 aromatic rings. The Labute approximate surface area is 115 Å². The van der Waals surface area contributed by atoms with E-state index in [9.17, 15) is 4.39 Å². The van der Waals surface area contributed by atoms with Crippen LogP contribution in [-0.2, 0) is 0 Å². The van der Waals surface area contributed by atoms with E-state index in [1.807, 2.05) is 6.07 Å². The number of rotatable bonds is 4. The molecule has 1 saturated carbocycles. The number of hydrogen-bond acceptors (Lipinski definition) is 2. The Balaban J connectivity index is 1.41. The van der Waals surface area contributed by atoms with E-state index >= 15 is 0 Å². The zero-order valence-corrected chi connectivity index (χ0v) is 11.6. The van der Waals surface area contributed by atoms with Crippen molar-refractivity contribution in [2.75, 3.05) is 26.7 Å². The minimum atomic E-state index is -0.108. The van der Waals surface area contributed by atoms with Crippen molar-refractivity contribution in [3.8, 4) is 0 Å². The highest BCUT2D eigenvalue weighted by Crippen LogP contribution is 2.37. The summed E-state index contributed by atoms with van der Waals surface area (Å²) in [6, 6.07) is 7.72. The average molecular weight is 262 g/mol. The third kappa shape index (κ3) is 3.15. The van der Waals surface area contributed by atoms with Crippen molar-refractivity contribution in [3.63, 3.8) is 0 Å². The van der Waals surface area contributed by atoms with Crippen LogP contribution in [0.1, 0.15) is 30.7 Å². The number of likely N-dealkylation sites (tertiary alicyclic amines) is 1. The summed E-state index contributed by atoms with van der Waals surface area (Å²) in [6.07, 6.45) is 3.64. The number of hydrogen-bond donors (Lipinski definition) is 1. The van der Waals surface area contributed by atoms with Crippen LogP contribution in [0, 0.1) is 11.7 Å². The maximum Gasteiger partial charge on any atom is 0.123 e. The molecule has 0 amide bonds. The van der Waals surface area contributed by atoms with Gasteiger partial charge in [0.25, 0.3) is 0 Å². The van der Waals surface area contributed by atoms with Crippen LogP contribution in [-0.4, -0.2) is 37.6 Å². The summed E-state index contributed by atoms with van der Waals surface area (Å²) >= 11 is 0. The lowest BCUT2D eigenvalue weighted by Crippen LogP contribution is -2.42. The molecule has 0 bridgehead atoms. The first kappa shape index (κ1) is 13.1. The first-order chi connectivity index (χ1) is 9.20. The van der Waals surface area contributed by atoms with E-state index in [4.69, 9.17) is 0 Å². The number of nitrogens with one attached hydrogen (secondary N) is 1. The summed E-state index contributed by atoms with van der Waals surface area (Å²) in [5, 5.41) is 3.68. The van der Waals surface area contributed by atoms with E-state index < -0.39 is 0 Å². The predicted molar refractivity (Wildman–Crippen MR) is 75.8 cm³/mol. The molecule has 1 aliphatic heterocycles. The summed E-state index contributed by atoms with van der Waals surface area (Å²) in [5.74, 6) is 1.26. The van der Waals surface area contributed by atoms with Crippen LogP contribution in [0.4, 0.5) is 4.39 Å². The van der Waals surface area contributed by atoms with Gasteiger partial charge >= 0.3 is 0 Å². The molecule has 1 aliphatic carbocycles. The summed E-state index contributed by atoms with van der Waals surface area (Å²) < 4.78 is 13.2. The summed E-state index contributed by atoms with van der Waals surface area (Å²) in [6.45, 7) is 3.61. The van der Waals surface area contributed by atoms with Crippen molar-refractivity contribution in [2.45, 2.75) is 31.2 Å². The third-order valence-electron chi connectivity index (χ3n) is 4.64. The van der Waals surface area contributed by atoms with E-state index in [0.717, 1.165) is 25.3 Å². The molecule has 1 atom stereocenters. The van der Waals surface area contributed by atoms with Gasteiger partial charge in [-0.05, 0) is 68.9 Å². The van der Waals surface area contributed by atoms with Crippen LogP contribution < -0.4 is 5.32 Å². The lowest BCUT2D eigenvalue weighted by Gasteiger charge is -2.37. The molecule has 2 aliphatic rings. The number of nitrogens with zero attached hydrogens (tertiary/aromatic N) is 1. The van der Waals surface area contributed by atoms with Gasteiger partial charge in [0, 0.05) is 12.6 Å². The minimum absolute atomic E-state index is 0.108. The molecule has 104 valence electrons. The van der Waals surface area contributed by atoms with E-state index in [2.05, 4.69) is 23.3 Å². The maximum absolute atomic E-state index is 13.2. The van der Waals surface area contributed by atoms with Crippen LogP contribution >= 0.6 is 0 Å². The SMILES string of the molecule is CN1CCC(CNC2CC(c3cccc(F)c3)C2)C1. The normalized spacial score (nSPS) is 31.4. The molecule has 0 spiro atoms. The first-order valence-electron chi connectivity index (χ1n) is 7.38. The van der Waals surface area contributed by atoms with E-state index in [1.165, 1.54) is 31.1 Å². The number of benzene rings is 1. The molecule has 1 aromatic carbocycles. The summed E-state index contributed by atoms with van der Waals surface area (Å²) in [7, 11) is 2.20. The van der Waals surface area contributed by atoms with Gasteiger partial charge in [-0.1, -0.05) is 12.1 Å². The van der Waals surface area contributed by atoms with E-state index in [0.29, 0.717) is 12.0 Å².